The van der Waals surface area contributed by atoms with E-state index < -0.39 is 5.91 Å². The molecule has 0 saturated carbocycles. The minimum atomic E-state index is -0.544. The van der Waals surface area contributed by atoms with Crippen LogP contribution in [0.25, 0.3) is 17.3 Å². The summed E-state index contributed by atoms with van der Waals surface area (Å²) in [5, 5.41) is 18.8. The molecule has 0 saturated heterocycles. The summed E-state index contributed by atoms with van der Waals surface area (Å²) in [7, 11) is 0. The monoisotopic (exact) mass is 376 g/mol. The summed E-state index contributed by atoms with van der Waals surface area (Å²) in [5.41, 5.74) is 2.28. The third kappa shape index (κ3) is 4.43. The summed E-state index contributed by atoms with van der Waals surface area (Å²) in [6, 6.07) is 14.6. The second-order valence-corrected chi connectivity index (χ2v) is 5.79. The van der Waals surface area contributed by atoms with Crippen LogP contribution in [0.2, 0.25) is 0 Å². The van der Waals surface area contributed by atoms with Crippen LogP contribution in [-0.2, 0) is 4.79 Å². The van der Waals surface area contributed by atoms with Crippen molar-refractivity contribution in [3.05, 3.63) is 71.7 Å². The number of nitriles is 1. The van der Waals surface area contributed by atoms with Gasteiger partial charge in [0.2, 0.25) is 0 Å². The van der Waals surface area contributed by atoms with E-state index in [1.54, 1.807) is 36.4 Å². The second-order valence-electron chi connectivity index (χ2n) is 5.79. The summed E-state index contributed by atoms with van der Waals surface area (Å²) >= 11 is 0. The zero-order chi connectivity index (χ0) is 19.9. The lowest BCUT2D eigenvalue weighted by Gasteiger charge is -2.07. The van der Waals surface area contributed by atoms with Gasteiger partial charge in [-0.3, -0.25) is 9.89 Å². The van der Waals surface area contributed by atoms with Crippen LogP contribution in [0.15, 0.2) is 60.3 Å². The molecule has 3 aromatic rings. The van der Waals surface area contributed by atoms with Gasteiger partial charge in [-0.2, -0.15) is 10.4 Å². The summed E-state index contributed by atoms with van der Waals surface area (Å²) in [6.45, 7) is 2.43. The third-order valence-electron chi connectivity index (χ3n) is 3.89. The Balaban J connectivity index is 1.80. The molecule has 0 aliphatic rings. The molecule has 1 aromatic heterocycles. The molecule has 28 heavy (non-hydrogen) atoms. The van der Waals surface area contributed by atoms with E-state index in [9.17, 15) is 14.4 Å². The number of aromatic amines is 1. The molecule has 0 radical (unpaired) electrons. The van der Waals surface area contributed by atoms with E-state index in [0.29, 0.717) is 34.9 Å². The Morgan fingerprint density at radius 3 is 2.61 bits per heavy atom. The van der Waals surface area contributed by atoms with Gasteiger partial charge in [-0.25, -0.2) is 4.39 Å². The van der Waals surface area contributed by atoms with Crippen LogP contribution >= 0.6 is 0 Å². The predicted octanol–water partition coefficient (Wildman–Crippen LogP) is 4.16. The number of hydrogen-bond acceptors (Lipinski definition) is 4. The lowest BCUT2D eigenvalue weighted by molar-refractivity contribution is -0.112. The Kier molecular flexibility index (Phi) is 5.82. The first-order valence-corrected chi connectivity index (χ1v) is 8.56. The van der Waals surface area contributed by atoms with Crippen LogP contribution in [0, 0.1) is 17.1 Å². The number of anilines is 1. The number of carbonyl (C=O) groups is 1. The molecule has 0 aliphatic carbocycles. The molecular formula is C21H17FN4O2. The SMILES string of the molecule is CCOc1ccc(NC(=O)C(C#N)=Cc2cn[nH]c2-c2ccc(F)cc2)cc1. The molecule has 2 aromatic carbocycles. The van der Waals surface area contributed by atoms with Gasteiger partial charge in [0, 0.05) is 16.8 Å². The van der Waals surface area contributed by atoms with Crippen molar-refractivity contribution < 1.29 is 13.9 Å². The Labute approximate surface area is 161 Å². The highest BCUT2D eigenvalue weighted by Crippen LogP contribution is 2.24. The van der Waals surface area contributed by atoms with E-state index in [-0.39, 0.29) is 11.4 Å². The fourth-order valence-electron chi connectivity index (χ4n) is 2.56. The number of amides is 1. The number of benzene rings is 2. The smallest absolute Gasteiger partial charge is 0.266 e. The van der Waals surface area contributed by atoms with Crippen molar-refractivity contribution in [2.45, 2.75) is 6.92 Å². The Morgan fingerprint density at radius 2 is 1.96 bits per heavy atom. The second kappa shape index (κ2) is 8.64. The molecule has 1 amide bonds. The number of aromatic nitrogens is 2. The highest BCUT2D eigenvalue weighted by atomic mass is 19.1. The average Bonchev–Trinajstić information content (AvgIpc) is 3.16. The standard InChI is InChI=1S/C21H17FN4O2/c1-2-28-19-9-7-18(8-10-19)25-21(27)15(12-23)11-16-13-24-26-20(16)14-3-5-17(22)6-4-14/h3-11,13H,2H2,1H3,(H,24,26)(H,25,27). The predicted molar refractivity (Wildman–Crippen MR) is 104 cm³/mol. The minimum absolute atomic E-state index is 0.0846. The fourth-order valence-corrected chi connectivity index (χ4v) is 2.56. The van der Waals surface area contributed by atoms with E-state index in [1.807, 2.05) is 13.0 Å². The number of H-pyrrole nitrogens is 1. The van der Waals surface area contributed by atoms with E-state index in [2.05, 4.69) is 15.5 Å². The number of hydrogen-bond donors (Lipinski definition) is 2. The Bertz CT molecular complexity index is 1030. The summed E-state index contributed by atoms with van der Waals surface area (Å²) < 4.78 is 18.5. The van der Waals surface area contributed by atoms with Crippen LogP contribution in [0.1, 0.15) is 12.5 Å². The van der Waals surface area contributed by atoms with E-state index >= 15 is 0 Å². The molecular weight excluding hydrogens is 359 g/mol. The number of carbonyl (C=O) groups excluding carboxylic acids is 1. The van der Waals surface area contributed by atoms with Crippen LogP contribution in [0.5, 0.6) is 5.75 Å². The van der Waals surface area contributed by atoms with Crippen LogP contribution in [-0.4, -0.2) is 22.7 Å². The van der Waals surface area contributed by atoms with Gasteiger partial charge in [0.25, 0.3) is 5.91 Å². The van der Waals surface area contributed by atoms with Crippen molar-refractivity contribution >= 4 is 17.7 Å². The molecule has 6 nitrogen and oxygen atoms in total. The molecule has 1 heterocycles. The van der Waals surface area contributed by atoms with Crippen molar-refractivity contribution in [3.8, 4) is 23.1 Å². The number of nitrogens with one attached hydrogen (secondary N) is 2. The molecule has 0 atom stereocenters. The van der Waals surface area contributed by atoms with Gasteiger partial charge in [0.1, 0.15) is 23.2 Å². The normalized spacial score (nSPS) is 11.0. The zero-order valence-corrected chi connectivity index (χ0v) is 15.1. The average molecular weight is 376 g/mol. The van der Waals surface area contributed by atoms with Gasteiger partial charge in [-0.15, -0.1) is 0 Å². The molecule has 140 valence electrons. The van der Waals surface area contributed by atoms with Crippen LogP contribution in [0.3, 0.4) is 0 Å². The van der Waals surface area contributed by atoms with E-state index in [0.717, 1.165) is 0 Å². The maximum absolute atomic E-state index is 13.1. The van der Waals surface area contributed by atoms with Crippen molar-refractivity contribution in [2.24, 2.45) is 0 Å². The van der Waals surface area contributed by atoms with E-state index in [1.165, 1.54) is 24.4 Å². The lowest BCUT2D eigenvalue weighted by Crippen LogP contribution is -2.13. The van der Waals surface area contributed by atoms with Crippen molar-refractivity contribution in [2.75, 3.05) is 11.9 Å². The molecule has 7 heteroatoms. The highest BCUT2D eigenvalue weighted by Gasteiger charge is 2.13. The largest absolute Gasteiger partial charge is 0.494 e. The molecule has 2 N–H and O–H groups in total. The fraction of sp³-hybridized carbons (Fsp3) is 0.0952. The van der Waals surface area contributed by atoms with Crippen molar-refractivity contribution in [1.29, 1.82) is 5.26 Å². The first-order chi connectivity index (χ1) is 13.6. The van der Waals surface area contributed by atoms with Gasteiger partial charge in [-0.1, -0.05) is 0 Å². The van der Waals surface area contributed by atoms with Gasteiger partial charge < -0.3 is 10.1 Å². The molecule has 3 rings (SSSR count). The molecule has 0 aliphatic heterocycles. The summed E-state index contributed by atoms with van der Waals surface area (Å²) in [5.74, 6) is -0.204. The molecule has 0 bridgehead atoms. The first-order valence-electron chi connectivity index (χ1n) is 8.56. The quantitative estimate of drug-likeness (QED) is 0.499. The number of nitrogens with zero attached hydrogens (tertiary/aromatic N) is 2. The minimum Gasteiger partial charge on any atom is -0.494 e. The molecule has 0 unspecified atom stereocenters. The molecule has 0 spiro atoms. The maximum Gasteiger partial charge on any atom is 0.266 e. The topological polar surface area (TPSA) is 90.8 Å². The number of halogens is 1. The highest BCUT2D eigenvalue weighted by molar-refractivity contribution is 6.10. The van der Waals surface area contributed by atoms with Crippen LogP contribution in [0.4, 0.5) is 10.1 Å². The lowest BCUT2D eigenvalue weighted by atomic mass is 10.1. The first kappa shape index (κ1) is 18.9. The summed E-state index contributed by atoms with van der Waals surface area (Å²) in [4.78, 5) is 12.5. The van der Waals surface area contributed by atoms with Crippen LogP contribution < -0.4 is 10.1 Å². The molecule has 0 fully saturated rings. The Morgan fingerprint density at radius 1 is 1.25 bits per heavy atom. The van der Waals surface area contributed by atoms with Gasteiger partial charge in [-0.05, 0) is 61.5 Å². The van der Waals surface area contributed by atoms with Crippen molar-refractivity contribution in [3.63, 3.8) is 0 Å². The maximum atomic E-state index is 13.1. The van der Waals surface area contributed by atoms with Gasteiger partial charge >= 0.3 is 0 Å². The number of ether oxygens (including phenoxy) is 1. The summed E-state index contributed by atoms with van der Waals surface area (Å²) in [6.07, 6.45) is 2.94. The third-order valence-corrected chi connectivity index (χ3v) is 3.89. The van der Waals surface area contributed by atoms with Crippen molar-refractivity contribution in [1.82, 2.24) is 10.2 Å². The zero-order valence-electron chi connectivity index (χ0n) is 15.1. The Hall–Kier alpha value is -3.92. The van der Waals surface area contributed by atoms with Gasteiger partial charge in [0.05, 0.1) is 18.5 Å². The number of rotatable bonds is 6. The van der Waals surface area contributed by atoms with E-state index in [4.69, 9.17) is 4.74 Å². The van der Waals surface area contributed by atoms with Gasteiger partial charge in [0.15, 0.2) is 0 Å².